The van der Waals surface area contributed by atoms with Crippen LogP contribution in [0.3, 0.4) is 0 Å². The third kappa shape index (κ3) is 3.48. The van der Waals surface area contributed by atoms with Gasteiger partial charge in [0.1, 0.15) is 0 Å². The Morgan fingerprint density at radius 3 is 2.89 bits per heavy atom. The number of sulfone groups is 1. The molecule has 2 aliphatic rings. The van der Waals surface area contributed by atoms with E-state index in [2.05, 4.69) is 23.2 Å². The number of benzene rings is 1. The number of aliphatic hydroxyl groups is 1. The number of nitrogens with one attached hydrogen (secondary N) is 1. The number of nitrogens with zero attached hydrogens (tertiary/aromatic N) is 1. The van der Waals surface area contributed by atoms with Gasteiger partial charge in [0.2, 0.25) is 0 Å². The van der Waals surface area contributed by atoms with Crippen molar-refractivity contribution in [2.45, 2.75) is 50.0 Å². The third-order valence-corrected chi connectivity index (χ3v) is 8.17. The van der Waals surface area contributed by atoms with Crippen LogP contribution in [0.5, 0.6) is 0 Å². The van der Waals surface area contributed by atoms with Gasteiger partial charge in [0.15, 0.2) is 9.84 Å². The highest BCUT2D eigenvalue weighted by molar-refractivity contribution is 7.91. The Hall–Kier alpha value is -1.92. The smallest absolute Gasteiger partial charge is 0.178 e. The molecule has 3 atom stereocenters. The Labute approximate surface area is 160 Å². The van der Waals surface area contributed by atoms with Crippen molar-refractivity contribution in [3.8, 4) is 0 Å². The first-order valence-electron chi connectivity index (χ1n) is 9.58. The second-order valence-corrected chi connectivity index (χ2v) is 10.2. The molecule has 1 aromatic carbocycles. The second kappa shape index (κ2) is 6.91. The van der Waals surface area contributed by atoms with Crippen LogP contribution in [-0.2, 0) is 16.3 Å². The molecule has 1 aromatic heterocycles. The van der Waals surface area contributed by atoms with E-state index < -0.39 is 15.9 Å². The lowest BCUT2D eigenvalue weighted by molar-refractivity contribution is 0.109. The van der Waals surface area contributed by atoms with Crippen LogP contribution < -0.4 is 0 Å². The minimum Gasteiger partial charge on any atom is -0.393 e. The number of rotatable bonds is 6. The molecule has 2 aliphatic carbocycles. The fraction of sp³-hybridized carbons (Fsp3) is 0.476. The Morgan fingerprint density at radius 2 is 2.11 bits per heavy atom. The van der Waals surface area contributed by atoms with Gasteiger partial charge in [0.25, 0.3) is 0 Å². The van der Waals surface area contributed by atoms with Gasteiger partial charge >= 0.3 is 0 Å². The number of aromatic amines is 1. The van der Waals surface area contributed by atoms with Gasteiger partial charge in [-0.3, -0.25) is 5.10 Å². The summed E-state index contributed by atoms with van der Waals surface area (Å²) in [5, 5.41) is 17.8. The van der Waals surface area contributed by atoms with Crippen LogP contribution in [0.2, 0.25) is 0 Å². The topological polar surface area (TPSA) is 83.0 Å². The summed E-state index contributed by atoms with van der Waals surface area (Å²) in [6, 6.07) is 8.48. The van der Waals surface area contributed by atoms with Crippen LogP contribution in [0.25, 0.3) is 6.08 Å². The summed E-state index contributed by atoms with van der Waals surface area (Å²) in [7, 11) is -3.34. The molecule has 4 rings (SSSR count). The minimum atomic E-state index is -3.34. The lowest BCUT2D eigenvalue weighted by Gasteiger charge is -2.36. The molecule has 1 saturated carbocycles. The van der Waals surface area contributed by atoms with E-state index in [0.717, 1.165) is 25.0 Å². The molecule has 1 fully saturated rings. The molecule has 0 unspecified atom stereocenters. The van der Waals surface area contributed by atoms with Gasteiger partial charge in [-0.05, 0) is 67.2 Å². The number of aliphatic hydroxyl groups excluding tert-OH is 1. The van der Waals surface area contributed by atoms with Crippen LogP contribution in [-0.4, -0.2) is 35.6 Å². The zero-order valence-electron chi connectivity index (χ0n) is 15.6. The first-order chi connectivity index (χ1) is 12.9. The molecule has 144 valence electrons. The summed E-state index contributed by atoms with van der Waals surface area (Å²) in [4.78, 5) is 0.329. The molecule has 6 heteroatoms. The highest BCUT2D eigenvalue weighted by Crippen LogP contribution is 2.54. The van der Waals surface area contributed by atoms with Gasteiger partial charge in [0.05, 0.1) is 28.6 Å². The average Bonchev–Trinajstić information content (AvgIpc) is 3.22. The average molecular weight is 387 g/mol. The van der Waals surface area contributed by atoms with Crippen molar-refractivity contribution < 1.29 is 13.5 Å². The molecule has 0 amide bonds. The predicted molar refractivity (Wildman–Crippen MR) is 105 cm³/mol. The molecule has 5 nitrogen and oxygen atoms in total. The van der Waals surface area contributed by atoms with Crippen molar-refractivity contribution in [2.24, 2.45) is 11.3 Å². The molecule has 2 N–H and O–H groups in total. The van der Waals surface area contributed by atoms with Crippen LogP contribution >= 0.6 is 0 Å². The van der Waals surface area contributed by atoms with Crippen LogP contribution in [0, 0.1) is 11.3 Å². The number of hydrogen-bond acceptors (Lipinski definition) is 4. The first-order valence-corrected chi connectivity index (χ1v) is 11.2. The van der Waals surface area contributed by atoms with Crippen molar-refractivity contribution >= 4 is 15.9 Å². The molecular formula is C21H26N2O3S. The summed E-state index contributed by atoms with van der Waals surface area (Å²) in [6.07, 6.45) is 7.45. The van der Waals surface area contributed by atoms with E-state index in [0.29, 0.717) is 17.2 Å². The Bertz CT molecular complexity index is 949. The van der Waals surface area contributed by atoms with E-state index in [-0.39, 0.29) is 17.6 Å². The Kier molecular flexibility index (Phi) is 4.72. The quantitative estimate of drug-likeness (QED) is 0.797. The lowest BCUT2D eigenvalue weighted by Crippen LogP contribution is -2.31. The normalized spacial score (nSPS) is 25.6. The number of allylic oxidation sites excluding steroid dienone is 1. The minimum absolute atomic E-state index is 0.0177. The molecule has 27 heavy (non-hydrogen) atoms. The van der Waals surface area contributed by atoms with Gasteiger partial charge in [0, 0.05) is 0 Å². The van der Waals surface area contributed by atoms with Crippen molar-refractivity contribution in [2.75, 3.05) is 5.75 Å². The molecule has 0 spiro atoms. The summed E-state index contributed by atoms with van der Waals surface area (Å²) in [5.74, 6) is 0.345. The summed E-state index contributed by atoms with van der Waals surface area (Å²) < 4.78 is 24.9. The van der Waals surface area contributed by atoms with Crippen LogP contribution in [0.1, 0.15) is 43.9 Å². The molecular weight excluding hydrogens is 360 g/mol. The van der Waals surface area contributed by atoms with Crippen molar-refractivity contribution in [1.29, 1.82) is 0 Å². The Morgan fingerprint density at radius 1 is 1.33 bits per heavy atom. The van der Waals surface area contributed by atoms with Gasteiger partial charge in [-0.1, -0.05) is 30.7 Å². The van der Waals surface area contributed by atoms with Gasteiger partial charge in [-0.15, -0.1) is 0 Å². The number of fused-ring (bicyclic) bond motifs is 2. The molecule has 0 bridgehead atoms. The predicted octanol–water partition coefficient (Wildman–Crippen LogP) is 3.38. The summed E-state index contributed by atoms with van der Waals surface area (Å²) in [6.45, 7) is 2.28. The lowest BCUT2D eigenvalue weighted by atomic mass is 9.68. The van der Waals surface area contributed by atoms with E-state index in [9.17, 15) is 13.5 Å². The molecule has 1 heterocycles. The number of hydrogen-bond donors (Lipinski definition) is 2. The van der Waals surface area contributed by atoms with Crippen molar-refractivity contribution in [3.63, 3.8) is 0 Å². The van der Waals surface area contributed by atoms with Crippen molar-refractivity contribution in [3.05, 3.63) is 53.4 Å². The van der Waals surface area contributed by atoms with E-state index in [1.54, 1.807) is 30.3 Å². The zero-order valence-corrected chi connectivity index (χ0v) is 16.4. The number of aromatic nitrogens is 2. The van der Waals surface area contributed by atoms with Gasteiger partial charge in [-0.2, -0.15) is 5.10 Å². The maximum Gasteiger partial charge on any atom is 0.178 e. The van der Waals surface area contributed by atoms with Gasteiger partial charge in [-0.25, -0.2) is 8.42 Å². The maximum absolute atomic E-state index is 12.4. The third-order valence-electron chi connectivity index (χ3n) is 6.40. The van der Waals surface area contributed by atoms with E-state index in [4.69, 9.17) is 0 Å². The standard InChI is InChI=1S/C21H26N2O3S/c1-21-13-15-14-22-23-20(15)12-17(21)8-7-16(21)11-18(24)9-10-27(25,26)19-5-3-2-4-6-19/h2-6,12,14,16,18,24H,7-11,13H2,1H3,(H,22,23)/t16-,18-,21-/m1/s1. The monoisotopic (exact) mass is 386 g/mol. The van der Waals surface area contributed by atoms with Crippen LogP contribution in [0.4, 0.5) is 0 Å². The van der Waals surface area contributed by atoms with Crippen molar-refractivity contribution in [1.82, 2.24) is 10.2 Å². The zero-order chi connectivity index (χ0) is 19.1. The largest absolute Gasteiger partial charge is 0.393 e. The molecule has 0 saturated heterocycles. The van der Waals surface area contributed by atoms with Gasteiger partial charge < -0.3 is 5.11 Å². The highest BCUT2D eigenvalue weighted by atomic mass is 32.2. The summed E-state index contributed by atoms with van der Waals surface area (Å²) in [5.41, 5.74) is 3.80. The maximum atomic E-state index is 12.4. The summed E-state index contributed by atoms with van der Waals surface area (Å²) >= 11 is 0. The molecule has 0 aliphatic heterocycles. The number of H-pyrrole nitrogens is 1. The molecule has 2 aromatic rings. The Balaban J connectivity index is 1.40. The second-order valence-electron chi connectivity index (χ2n) is 8.12. The van der Waals surface area contributed by atoms with Crippen LogP contribution in [0.15, 0.2) is 47.0 Å². The first kappa shape index (κ1) is 18.4. The van der Waals surface area contributed by atoms with E-state index in [1.165, 1.54) is 11.1 Å². The SMILES string of the molecule is C[C@]12Cc3cn[nH]c3C=C1CC[C@@H]2C[C@H](O)CCS(=O)(=O)c1ccccc1. The molecule has 0 radical (unpaired) electrons. The fourth-order valence-electron chi connectivity index (χ4n) is 4.71. The van der Waals surface area contributed by atoms with E-state index >= 15 is 0 Å². The fourth-order valence-corrected chi connectivity index (χ4v) is 6.10. The highest BCUT2D eigenvalue weighted by Gasteiger charge is 2.45. The van der Waals surface area contributed by atoms with E-state index in [1.807, 2.05) is 6.20 Å².